The summed E-state index contributed by atoms with van der Waals surface area (Å²) in [5.41, 5.74) is 1.51. The molecule has 3 nitrogen and oxygen atoms in total. The van der Waals surface area contributed by atoms with Gasteiger partial charge in [0.1, 0.15) is 11.6 Å². The van der Waals surface area contributed by atoms with E-state index in [0.29, 0.717) is 6.54 Å². The van der Waals surface area contributed by atoms with Gasteiger partial charge in [-0.1, -0.05) is 0 Å². The average molecular weight is 375 g/mol. The number of pyridine rings is 1. The molecule has 0 radical (unpaired) electrons. The molecule has 0 bridgehead atoms. The van der Waals surface area contributed by atoms with E-state index in [1.165, 1.54) is 12.1 Å². The highest BCUT2D eigenvalue weighted by Gasteiger charge is 2.15. The van der Waals surface area contributed by atoms with Crippen LogP contribution in [0.3, 0.4) is 0 Å². The predicted molar refractivity (Wildman–Crippen MR) is 83.3 cm³/mol. The zero-order valence-electron chi connectivity index (χ0n) is 11.2. The molecule has 0 saturated heterocycles. The SMILES string of the molecule is Cc1ncc(Br)cc1N(CCO)Sc1ccc(F)cc1F. The molecule has 1 N–H and O–H groups in total. The van der Waals surface area contributed by atoms with Crippen LogP contribution in [0.1, 0.15) is 5.69 Å². The molecule has 0 fully saturated rings. The third-order valence-electron chi connectivity index (χ3n) is 2.70. The van der Waals surface area contributed by atoms with E-state index in [0.717, 1.165) is 33.9 Å². The van der Waals surface area contributed by atoms with Crippen LogP contribution in [0, 0.1) is 18.6 Å². The molecule has 1 aromatic heterocycles. The predicted octanol–water partition coefficient (Wildman–Crippen LogP) is 3.94. The number of aliphatic hydroxyl groups excluding tert-OH is 1. The van der Waals surface area contributed by atoms with Gasteiger partial charge in [-0.2, -0.15) is 0 Å². The van der Waals surface area contributed by atoms with Crippen LogP contribution in [0.2, 0.25) is 0 Å². The van der Waals surface area contributed by atoms with Gasteiger partial charge in [0, 0.05) is 16.7 Å². The third kappa shape index (κ3) is 4.15. The summed E-state index contributed by atoms with van der Waals surface area (Å²) in [7, 11) is 0. The number of halogens is 3. The van der Waals surface area contributed by atoms with Crippen LogP contribution in [0.15, 0.2) is 39.8 Å². The van der Waals surface area contributed by atoms with Crippen molar-refractivity contribution in [3.63, 3.8) is 0 Å². The summed E-state index contributed by atoms with van der Waals surface area (Å²) in [6.45, 7) is 2.02. The van der Waals surface area contributed by atoms with Gasteiger partial charge in [0.15, 0.2) is 0 Å². The molecule has 21 heavy (non-hydrogen) atoms. The molecule has 112 valence electrons. The molecular formula is C14H13BrF2N2OS. The Bertz CT molecular complexity index is 642. The van der Waals surface area contributed by atoms with E-state index in [1.807, 2.05) is 13.0 Å². The van der Waals surface area contributed by atoms with Crippen molar-refractivity contribution < 1.29 is 13.9 Å². The van der Waals surface area contributed by atoms with Gasteiger partial charge in [-0.15, -0.1) is 0 Å². The van der Waals surface area contributed by atoms with Crippen LogP contribution in [-0.2, 0) is 0 Å². The molecule has 0 aliphatic carbocycles. The smallest absolute Gasteiger partial charge is 0.141 e. The summed E-state index contributed by atoms with van der Waals surface area (Å²) in [5, 5.41) is 9.21. The van der Waals surface area contributed by atoms with Crippen molar-refractivity contribution in [3.8, 4) is 0 Å². The topological polar surface area (TPSA) is 36.4 Å². The maximum absolute atomic E-state index is 13.8. The fourth-order valence-corrected chi connectivity index (χ4v) is 3.01. The second kappa shape index (κ2) is 7.20. The quantitative estimate of drug-likeness (QED) is 0.804. The van der Waals surface area contributed by atoms with E-state index in [4.69, 9.17) is 0 Å². The minimum Gasteiger partial charge on any atom is -0.394 e. The van der Waals surface area contributed by atoms with Gasteiger partial charge >= 0.3 is 0 Å². The molecular weight excluding hydrogens is 362 g/mol. The fraction of sp³-hybridized carbons (Fsp3) is 0.214. The summed E-state index contributed by atoms with van der Waals surface area (Å²) in [4.78, 5) is 4.50. The van der Waals surface area contributed by atoms with Gasteiger partial charge in [-0.3, -0.25) is 4.98 Å². The van der Waals surface area contributed by atoms with Gasteiger partial charge in [0.25, 0.3) is 0 Å². The molecule has 0 saturated carbocycles. The van der Waals surface area contributed by atoms with Gasteiger partial charge in [-0.25, -0.2) is 8.78 Å². The summed E-state index contributed by atoms with van der Waals surface area (Å²) in [6, 6.07) is 5.26. The molecule has 0 unspecified atom stereocenters. The van der Waals surface area contributed by atoms with Crippen molar-refractivity contribution in [1.29, 1.82) is 0 Å². The van der Waals surface area contributed by atoms with Gasteiger partial charge in [0.05, 0.1) is 29.4 Å². The number of anilines is 1. The van der Waals surface area contributed by atoms with Gasteiger partial charge in [-0.05, 0) is 53.0 Å². The summed E-state index contributed by atoms with van der Waals surface area (Å²) in [6.07, 6.45) is 1.67. The Morgan fingerprint density at radius 2 is 2.10 bits per heavy atom. The Hall–Kier alpha value is -1.18. The van der Waals surface area contributed by atoms with Crippen molar-refractivity contribution in [2.24, 2.45) is 0 Å². The van der Waals surface area contributed by atoms with Crippen LogP contribution < -0.4 is 4.31 Å². The number of nitrogens with zero attached hydrogens (tertiary/aromatic N) is 2. The zero-order chi connectivity index (χ0) is 15.4. The average Bonchev–Trinajstić information content (AvgIpc) is 2.44. The molecule has 7 heteroatoms. The Kier molecular flexibility index (Phi) is 5.55. The molecule has 0 amide bonds. The van der Waals surface area contributed by atoms with Crippen molar-refractivity contribution in [2.75, 3.05) is 17.5 Å². The first kappa shape index (κ1) is 16.2. The van der Waals surface area contributed by atoms with Gasteiger partial charge in [0.2, 0.25) is 0 Å². The Morgan fingerprint density at radius 3 is 2.76 bits per heavy atom. The molecule has 2 aromatic rings. The first-order valence-corrected chi connectivity index (χ1v) is 7.71. The van der Waals surface area contributed by atoms with Crippen molar-refractivity contribution in [1.82, 2.24) is 4.98 Å². The number of hydrogen-bond donors (Lipinski definition) is 1. The second-order valence-electron chi connectivity index (χ2n) is 4.25. The number of aryl methyl sites for hydroxylation is 1. The van der Waals surface area contributed by atoms with Crippen molar-refractivity contribution in [2.45, 2.75) is 11.8 Å². The largest absolute Gasteiger partial charge is 0.394 e. The highest BCUT2D eigenvalue weighted by Crippen LogP contribution is 2.33. The van der Waals surface area contributed by atoms with Crippen LogP contribution in [-0.4, -0.2) is 23.2 Å². The van der Waals surface area contributed by atoms with E-state index in [2.05, 4.69) is 20.9 Å². The Labute approximate surface area is 134 Å². The third-order valence-corrected chi connectivity index (χ3v) is 4.26. The standard InChI is InChI=1S/C14H13BrF2N2OS/c1-9-13(6-10(15)8-18-9)19(4-5-20)21-14-3-2-11(16)7-12(14)17/h2-3,6-8,20H,4-5H2,1H3. The van der Waals surface area contributed by atoms with E-state index in [1.54, 1.807) is 10.5 Å². The second-order valence-corrected chi connectivity index (χ2v) is 6.23. The monoisotopic (exact) mass is 374 g/mol. The summed E-state index contributed by atoms with van der Waals surface area (Å²) >= 11 is 4.44. The minimum absolute atomic E-state index is 0.0955. The lowest BCUT2D eigenvalue weighted by atomic mass is 10.3. The van der Waals surface area contributed by atoms with E-state index < -0.39 is 11.6 Å². The Balaban J connectivity index is 2.32. The van der Waals surface area contributed by atoms with Crippen molar-refractivity contribution >= 4 is 33.6 Å². The number of aromatic nitrogens is 1. The fourth-order valence-electron chi connectivity index (χ4n) is 1.72. The number of rotatable bonds is 5. The molecule has 0 aliphatic heterocycles. The first-order valence-electron chi connectivity index (χ1n) is 6.15. The number of benzene rings is 1. The maximum atomic E-state index is 13.8. The van der Waals surface area contributed by atoms with Crippen LogP contribution in [0.5, 0.6) is 0 Å². The normalized spacial score (nSPS) is 10.7. The zero-order valence-corrected chi connectivity index (χ0v) is 13.6. The van der Waals surface area contributed by atoms with E-state index >= 15 is 0 Å². The molecule has 1 heterocycles. The summed E-state index contributed by atoms with van der Waals surface area (Å²) in [5.74, 6) is -1.26. The number of aliphatic hydroxyl groups is 1. The molecule has 0 spiro atoms. The molecule has 0 aliphatic rings. The first-order chi connectivity index (χ1) is 10.0. The minimum atomic E-state index is -0.636. The lowest BCUT2D eigenvalue weighted by molar-refractivity contribution is 0.307. The molecule has 1 aromatic carbocycles. The maximum Gasteiger partial charge on any atom is 0.141 e. The van der Waals surface area contributed by atoms with E-state index in [-0.39, 0.29) is 11.5 Å². The van der Waals surface area contributed by atoms with Crippen LogP contribution in [0.4, 0.5) is 14.5 Å². The number of hydrogen-bond acceptors (Lipinski definition) is 4. The van der Waals surface area contributed by atoms with Crippen LogP contribution >= 0.6 is 27.9 Å². The highest BCUT2D eigenvalue weighted by molar-refractivity contribution is 9.10. The van der Waals surface area contributed by atoms with Crippen molar-refractivity contribution in [3.05, 3.63) is 52.3 Å². The van der Waals surface area contributed by atoms with Gasteiger partial charge < -0.3 is 9.41 Å². The molecule has 2 rings (SSSR count). The summed E-state index contributed by atoms with van der Waals surface area (Å²) < 4.78 is 29.2. The lowest BCUT2D eigenvalue weighted by Gasteiger charge is -2.24. The van der Waals surface area contributed by atoms with Crippen LogP contribution in [0.25, 0.3) is 0 Å². The molecule has 0 atom stereocenters. The highest BCUT2D eigenvalue weighted by atomic mass is 79.9. The Morgan fingerprint density at radius 1 is 1.33 bits per heavy atom. The lowest BCUT2D eigenvalue weighted by Crippen LogP contribution is -2.20. The van der Waals surface area contributed by atoms with E-state index in [9.17, 15) is 13.9 Å².